The monoisotopic (exact) mass is 409 g/mol. The number of amides is 1. The van der Waals surface area contributed by atoms with E-state index in [1.54, 1.807) is 12.1 Å². The Bertz CT molecular complexity index is 885. The van der Waals surface area contributed by atoms with E-state index in [1.165, 1.54) is 18.2 Å². The second-order valence-corrected chi connectivity index (χ2v) is 7.19. The summed E-state index contributed by atoms with van der Waals surface area (Å²) in [5.41, 5.74) is -0.828. The first-order chi connectivity index (χ1) is 13.7. The number of likely N-dealkylation sites (tertiary alicyclic amines) is 1. The number of alkyl halides is 3. The highest BCUT2D eigenvalue weighted by atomic mass is 19.4. The van der Waals surface area contributed by atoms with Crippen molar-refractivity contribution in [2.24, 2.45) is 0 Å². The highest BCUT2D eigenvalue weighted by molar-refractivity contribution is 5.92. The first kappa shape index (κ1) is 21.1. The highest BCUT2D eigenvalue weighted by Gasteiger charge is 2.34. The van der Waals surface area contributed by atoms with Gasteiger partial charge >= 0.3 is 6.18 Å². The van der Waals surface area contributed by atoms with Crippen molar-refractivity contribution >= 4 is 11.8 Å². The van der Waals surface area contributed by atoms with Crippen LogP contribution in [0, 0.1) is 5.82 Å². The minimum absolute atomic E-state index is 0.0820. The Morgan fingerprint density at radius 1 is 1.24 bits per heavy atom. The van der Waals surface area contributed by atoms with Crippen molar-refractivity contribution in [2.45, 2.75) is 31.5 Å². The summed E-state index contributed by atoms with van der Waals surface area (Å²) in [5, 5.41) is 11.8. The van der Waals surface area contributed by atoms with Gasteiger partial charge in [0.05, 0.1) is 5.56 Å². The Labute approximate surface area is 166 Å². The number of nitrogens with zero attached hydrogens (tertiary/aromatic N) is 2. The summed E-state index contributed by atoms with van der Waals surface area (Å²) in [7, 11) is 1.98. The number of anilines is 1. The number of rotatable bonds is 5. The third kappa shape index (κ3) is 4.70. The maximum absolute atomic E-state index is 13.7. The number of para-hydroxylation sites is 1. The van der Waals surface area contributed by atoms with Gasteiger partial charge in [0.1, 0.15) is 11.9 Å². The van der Waals surface area contributed by atoms with E-state index in [2.05, 4.69) is 4.90 Å². The zero-order valence-corrected chi connectivity index (χ0v) is 15.9. The first-order valence-electron chi connectivity index (χ1n) is 9.33. The Hall–Kier alpha value is -2.61. The SMILES string of the molecule is CN1CCCC1CCN(C(=O)[O-])c1ccccc1-c1ccc(F)c(C(F)(F)F)c1. The minimum Gasteiger partial charge on any atom is -0.530 e. The van der Waals surface area contributed by atoms with Crippen LogP contribution >= 0.6 is 0 Å². The lowest BCUT2D eigenvalue weighted by Crippen LogP contribution is -2.43. The molecule has 0 radical (unpaired) electrons. The second kappa shape index (κ2) is 8.41. The van der Waals surface area contributed by atoms with Gasteiger partial charge in [0.15, 0.2) is 0 Å². The fraction of sp³-hybridized carbons (Fsp3) is 0.381. The van der Waals surface area contributed by atoms with Gasteiger partial charge in [-0.05, 0) is 56.6 Å². The molecule has 8 heteroatoms. The van der Waals surface area contributed by atoms with Gasteiger partial charge in [0, 0.05) is 23.8 Å². The van der Waals surface area contributed by atoms with Gasteiger partial charge in [-0.15, -0.1) is 0 Å². The van der Waals surface area contributed by atoms with Gasteiger partial charge in [-0.2, -0.15) is 13.2 Å². The molecule has 1 fully saturated rings. The summed E-state index contributed by atoms with van der Waals surface area (Å²) in [6.45, 7) is 1.10. The molecule has 0 bridgehead atoms. The van der Waals surface area contributed by atoms with E-state index in [9.17, 15) is 27.5 Å². The van der Waals surface area contributed by atoms with Crippen molar-refractivity contribution in [3.05, 3.63) is 53.8 Å². The summed E-state index contributed by atoms with van der Waals surface area (Å²) in [6.07, 6.45) is -3.70. The summed E-state index contributed by atoms with van der Waals surface area (Å²) in [6, 6.07) is 9.12. The van der Waals surface area contributed by atoms with Gasteiger partial charge < -0.3 is 19.7 Å². The summed E-state index contributed by atoms with van der Waals surface area (Å²) < 4.78 is 53.0. The Morgan fingerprint density at radius 2 is 1.97 bits per heavy atom. The van der Waals surface area contributed by atoms with E-state index in [-0.39, 0.29) is 29.4 Å². The van der Waals surface area contributed by atoms with Gasteiger partial charge in [-0.1, -0.05) is 24.3 Å². The van der Waals surface area contributed by atoms with Crippen molar-refractivity contribution in [3.8, 4) is 11.1 Å². The molecule has 1 atom stereocenters. The minimum atomic E-state index is -4.85. The van der Waals surface area contributed by atoms with E-state index in [4.69, 9.17) is 0 Å². The fourth-order valence-electron chi connectivity index (χ4n) is 3.80. The number of hydrogen-bond donors (Lipinski definition) is 0. The number of hydrogen-bond acceptors (Lipinski definition) is 3. The fourth-order valence-corrected chi connectivity index (χ4v) is 3.80. The number of carbonyl (C=O) groups excluding carboxylic acids is 1. The molecular formula is C21H21F4N2O2-. The van der Waals surface area contributed by atoms with Gasteiger partial charge in [0.2, 0.25) is 0 Å². The van der Waals surface area contributed by atoms with Crippen molar-refractivity contribution in [1.29, 1.82) is 0 Å². The van der Waals surface area contributed by atoms with E-state index in [1.807, 2.05) is 7.05 Å². The van der Waals surface area contributed by atoms with Crippen molar-refractivity contribution in [3.63, 3.8) is 0 Å². The van der Waals surface area contributed by atoms with Crippen LogP contribution in [-0.4, -0.2) is 37.2 Å². The molecule has 0 saturated carbocycles. The van der Waals surface area contributed by atoms with Crippen LogP contribution < -0.4 is 10.0 Å². The molecule has 0 aromatic heterocycles. The molecule has 0 spiro atoms. The Balaban J connectivity index is 1.95. The quantitative estimate of drug-likeness (QED) is 0.698. The van der Waals surface area contributed by atoms with Crippen LogP contribution in [0.2, 0.25) is 0 Å². The molecule has 1 amide bonds. The maximum Gasteiger partial charge on any atom is 0.419 e. The van der Waals surface area contributed by atoms with Crippen LogP contribution in [0.4, 0.5) is 28.0 Å². The smallest absolute Gasteiger partial charge is 0.419 e. The van der Waals surface area contributed by atoms with Gasteiger partial charge in [-0.3, -0.25) is 0 Å². The maximum atomic E-state index is 13.7. The van der Waals surface area contributed by atoms with Crippen molar-refractivity contribution in [2.75, 3.05) is 25.0 Å². The predicted octanol–water partition coefficient (Wildman–Crippen LogP) is 4.15. The normalized spacial score (nSPS) is 17.5. The molecule has 0 N–H and O–H groups in total. The zero-order chi connectivity index (χ0) is 21.2. The van der Waals surface area contributed by atoms with Crippen LogP contribution in [0.1, 0.15) is 24.8 Å². The van der Waals surface area contributed by atoms with Gasteiger partial charge in [0.25, 0.3) is 0 Å². The Morgan fingerprint density at radius 3 is 2.59 bits per heavy atom. The van der Waals surface area contributed by atoms with E-state index in [0.29, 0.717) is 12.5 Å². The lowest BCUT2D eigenvalue weighted by molar-refractivity contribution is -0.246. The average Bonchev–Trinajstić information content (AvgIpc) is 3.06. The molecule has 4 nitrogen and oxygen atoms in total. The molecule has 1 aliphatic heterocycles. The van der Waals surface area contributed by atoms with E-state index < -0.39 is 23.7 Å². The number of carbonyl (C=O) groups is 1. The molecule has 156 valence electrons. The van der Waals surface area contributed by atoms with Crippen LogP contribution in [0.3, 0.4) is 0 Å². The van der Waals surface area contributed by atoms with Crippen LogP contribution in [0.25, 0.3) is 11.1 Å². The molecule has 1 saturated heterocycles. The molecule has 2 aromatic carbocycles. The molecule has 2 aromatic rings. The van der Waals surface area contributed by atoms with E-state index >= 15 is 0 Å². The molecule has 3 rings (SSSR count). The third-order valence-electron chi connectivity index (χ3n) is 5.36. The number of halogens is 4. The lowest BCUT2D eigenvalue weighted by Gasteiger charge is -2.30. The molecule has 29 heavy (non-hydrogen) atoms. The highest BCUT2D eigenvalue weighted by Crippen LogP contribution is 2.37. The van der Waals surface area contributed by atoms with Crippen LogP contribution in [-0.2, 0) is 6.18 Å². The lowest BCUT2D eigenvalue weighted by atomic mass is 10.00. The first-order valence-corrected chi connectivity index (χ1v) is 9.33. The number of benzene rings is 2. The van der Waals surface area contributed by atoms with Crippen molar-refractivity contribution < 1.29 is 27.5 Å². The van der Waals surface area contributed by atoms with Crippen LogP contribution in [0.15, 0.2) is 42.5 Å². The summed E-state index contributed by atoms with van der Waals surface area (Å²) >= 11 is 0. The second-order valence-electron chi connectivity index (χ2n) is 7.19. The molecule has 1 heterocycles. The predicted molar refractivity (Wildman–Crippen MR) is 99.8 cm³/mol. The Kier molecular flexibility index (Phi) is 6.12. The number of carboxylic acid groups (broad SMARTS) is 1. The zero-order valence-electron chi connectivity index (χ0n) is 15.9. The summed E-state index contributed by atoms with van der Waals surface area (Å²) in [4.78, 5) is 15.0. The topological polar surface area (TPSA) is 46.6 Å². The van der Waals surface area contributed by atoms with Gasteiger partial charge in [-0.25, -0.2) is 4.39 Å². The molecule has 1 aliphatic rings. The van der Waals surface area contributed by atoms with Crippen molar-refractivity contribution in [1.82, 2.24) is 4.90 Å². The molecule has 0 aliphatic carbocycles. The average molecular weight is 409 g/mol. The molecule has 1 unspecified atom stereocenters. The van der Waals surface area contributed by atoms with E-state index in [0.717, 1.165) is 30.4 Å². The van der Waals surface area contributed by atoms with Crippen LogP contribution in [0.5, 0.6) is 0 Å². The standard InChI is InChI=1S/C21H22F4N2O2/c1-26-11-4-5-15(26)10-12-27(20(28)29)19-7-3-2-6-16(19)14-8-9-18(22)17(13-14)21(23,24)25/h2-3,6-9,13,15H,4-5,10-12H2,1H3,(H,28,29)/p-1. The summed E-state index contributed by atoms with van der Waals surface area (Å²) in [5.74, 6) is -1.38. The third-order valence-corrected chi connectivity index (χ3v) is 5.36. The largest absolute Gasteiger partial charge is 0.530 e. The molecular weight excluding hydrogens is 388 g/mol.